The molecular formula is C112H68N6O2. The molecule has 558 valence electrons. The maximum absolute atomic E-state index is 9.47. The molecule has 2 spiro atoms. The highest BCUT2D eigenvalue weighted by Crippen LogP contribution is 2.67. The van der Waals surface area contributed by atoms with Gasteiger partial charge in [0.05, 0.1) is 56.9 Å². The molecule has 0 saturated heterocycles. The van der Waals surface area contributed by atoms with Crippen LogP contribution in [0.1, 0.15) is 55.6 Å². The Hall–Kier alpha value is -16.3. The van der Waals surface area contributed by atoms with E-state index in [1.165, 1.54) is 33.4 Å². The van der Waals surface area contributed by atoms with Crippen molar-refractivity contribution in [3.05, 3.63) is 468 Å². The summed E-state index contributed by atoms with van der Waals surface area (Å²) in [5, 5.41) is 21.0. The second-order valence-corrected chi connectivity index (χ2v) is 30.7. The minimum absolute atomic E-state index is 0.644. The van der Waals surface area contributed by atoms with Crippen molar-refractivity contribution in [1.82, 2.24) is 19.9 Å². The Morgan fingerprint density at radius 1 is 0.208 bits per heavy atom. The van der Waals surface area contributed by atoms with Crippen molar-refractivity contribution in [2.45, 2.75) is 10.8 Å². The topological polar surface area (TPSA) is 118 Å². The molecular weight excluding hydrogens is 1460 g/mol. The average molecular weight is 1530 g/mol. The molecule has 0 radical (unpaired) electrons. The Morgan fingerprint density at radius 3 is 0.992 bits per heavy atom. The third-order valence-electron chi connectivity index (χ3n) is 24.3. The van der Waals surface area contributed by atoms with E-state index in [1.54, 1.807) is 0 Å². The SMILES string of the molecule is N#Cc1ccc(-c2ccc(-c3cccc4c3Oc3ccccc3C43c4ccccc4-c4c(-c5cc(-c6ccccc6)nc(-c6ccccc6)n5)cccc43)c3ccccc23)cc1.N#Cc1ccc(-c2ccc(-c3cccc4c3Oc3ccccc3C43c4ccccc4-c4c(-c5cc(-c6ccccc6)nc(-c6ccccc6)n5)cccc43)cc2)cc1. The van der Waals surface area contributed by atoms with Crippen LogP contribution in [-0.2, 0) is 10.8 Å². The smallest absolute Gasteiger partial charge is 0.160 e. The molecule has 19 aromatic rings. The van der Waals surface area contributed by atoms with E-state index in [0.29, 0.717) is 22.8 Å². The van der Waals surface area contributed by atoms with Crippen LogP contribution in [0.25, 0.3) is 145 Å². The normalized spacial score (nSPS) is 14.3. The fourth-order valence-corrected chi connectivity index (χ4v) is 19.0. The van der Waals surface area contributed by atoms with Crippen LogP contribution in [0, 0.1) is 22.7 Å². The van der Waals surface area contributed by atoms with Gasteiger partial charge in [0.25, 0.3) is 0 Å². The monoisotopic (exact) mass is 1530 g/mol. The molecule has 0 amide bonds. The van der Waals surface area contributed by atoms with E-state index in [4.69, 9.17) is 29.4 Å². The lowest BCUT2D eigenvalue weighted by Crippen LogP contribution is -2.32. The third kappa shape index (κ3) is 11.3. The zero-order chi connectivity index (χ0) is 79.8. The highest BCUT2D eigenvalue weighted by atomic mass is 16.5. The quantitative estimate of drug-likeness (QED) is 0.133. The second kappa shape index (κ2) is 28.9. The van der Waals surface area contributed by atoms with E-state index >= 15 is 0 Å². The summed E-state index contributed by atoms with van der Waals surface area (Å²) in [6.45, 7) is 0. The van der Waals surface area contributed by atoms with Crippen LogP contribution in [0.15, 0.2) is 413 Å². The van der Waals surface area contributed by atoms with Gasteiger partial charge < -0.3 is 9.47 Å². The van der Waals surface area contributed by atoms with Gasteiger partial charge in [-0.1, -0.05) is 364 Å². The lowest BCUT2D eigenvalue weighted by Gasteiger charge is -2.40. The van der Waals surface area contributed by atoms with Crippen LogP contribution in [-0.4, -0.2) is 19.9 Å². The van der Waals surface area contributed by atoms with Crippen molar-refractivity contribution in [2.75, 3.05) is 0 Å². The van der Waals surface area contributed by atoms with Crippen LogP contribution in [0.5, 0.6) is 23.0 Å². The molecule has 8 heteroatoms. The van der Waals surface area contributed by atoms with E-state index in [-0.39, 0.29) is 0 Å². The van der Waals surface area contributed by atoms with Gasteiger partial charge in [-0.3, -0.25) is 0 Å². The van der Waals surface area contributed by atoms with Gasteiger partial charge in [-0.2, -0.15) is 10.5 Å². The maximum Gasteiger partial charge on any atom is 0.160 e. The summed E-state index contributed by atoms with van der Waals surface area (Å²) in [6.07, 6.45) is 0. The molecule has 2 atom stereocenters. The molecule has 23 rings (SSSR count). The number of nitrogens with zero attached hydrogens (tertiary/aromatic N) is 6. The number of aromatic nitrogens is 4. The minimum atomic E-state index is -0.697. The highest BCUT2D eigenvalue weighted by molar-refractivity contribution is 6.07. The molecule has 2 aliphatic heterocycles. The minimum Gasteiger partial charge on any atom is -0.456 e. The molecule has 0 bridgehead atoms. The van der Waals surface area contributed by atoms with Crippen LogP contribution < -0.4 is 9.47 Å². The maximum atomic E-state index is 9.47. The summed E-state index contributed by atoms with van der Waals surface area (Å²) in [7, 11) is 0. The Balaban J connectivity index is 0.000000144. The first-order valence-corrected chi connectivity index (χ1v) is 40.3. The summed E-state index contributed by atoms with van der Waals surface area (Å²) in [6, 6.07) is 148. The molecule has 0 N–H and O–H groups in total. The van der Waals surface area contributed by atoms with Gasteiger partial charge in [-0.05, 0) is 137 Å². The van der Waals surface area contributed by atoms with Crippen molar-refractivity contribution >= 4 is 10.8 Å². The molecule has 4 heterocycles. The first kappa shape index (κ1) is 70.4. The number of ether oxygens (including phenoxy) is 2. The first-order valence-electron chi connectivity index (χ1n) is 40.3. The molecule has 0 fully saturated rings. The zero-order valence-electron chi connectivity index (χ0n) is 64.8. The van der Waals surface area contributed by atoms with Gasteiger partial charge in [0, 0.05) is 66.8 Å². The fourth-order valence-electron chi connectivity index (χ4n) is 19.0. The summed E-state index contributed by atoms with van der Waals surface area (Å²) < 4.78 is 14.2. The number of para-hydroxylation sites is 4. The van der Waals surface area contributed by atoms with Crippen LogP contribution in [0.2, 0.25) is 0 Å². The van der Waals surface area contributed by atoms with Crippen LogP contribution >= 0.6 is 0 Å². The van der Waals surface area contributed by atoms with Crippen molar-refractivity contribution in [1.29, 1.82) is 10.5 Å². The van der Waals surface area contributed by atoms with Gasteiger partial charge in [0.15, 0.2) is 11.6 Å². The standard InChI is InChI=1S/C58H35N3O.C54H33N3O/c59-36-37-29-31-38(32-30-37)41-33-34-44(43-20-8-7-19-42(41)43)45-22-13-27-51-56(45)62-54-28-12-11-25-49(54)58(51)48-24-10-9-21-46(48)55-47(23-14-26-50(55)58)53-35-52(39-15-3-1-4-16-39)60-57(61-53)40-17-5-2-6-18-40;55-34-35-25-27-36(28-26-35)37-29-31-38(32-30-37)41-18-11-23-47-52(41)58-50-24-10-9-21-45(50)54(47)44-20-8-7-17-42(44)51-43(19-12-22-46(51)54)49-33-48(39-13-3-1-4-14-39)56-53(57-49)40-15-5-2-6-16-40/h1-35H;1-33H. The third-order valence-corrected chi connectivity index (χ3v) is 24.3. The van der Waals surface area contributed by atoms with Crippen LogP contribution in [0.4, 0.5) is 0 Å². The van der Waals surface area contributed by atoms with Gasteiger partial charge in [0.2, 0.25) is 0 Å². The van der Waals surface area contributed by atoms with Crippen molar-refractivity contribution < 1.29 is 9.47 Å². The predicted octanol–water partition coefficient (Wildman–Crippen LogP) is 27.5. The van der Waals surface area contributed by atoms with E-state index < -0.39 is 10.8 Å². The van der Waals surface area contributed by atoms with E-state index in [1.807, 2.05) is 97.1 Å². The molecule has 2 aromatic heterocycles. The second-order valence-electron chi connectivity index (χ2n) is 30.7. The van der Waals surface area contributed by atoms with Gasteiger partial charge in [-0.15, -0.1) is 0 Å². The Morgan fingerprint density at radius 2 is 0.525 bits per heavy atom. The van der Waals surface area contributed by atoms with Gasteiger partial charge in [-0.25, -0.2) is 19.9 Å². The number of benzene rings is 17. The summed E-state index contributed by atoms with van der Waals surface area (Å²) in [5.74, 6) is 4.73. The molecule has 120 heavy (non-hydrogen) atoms. The summed E-state index contributed by atoms with van der Waals surface area (Å²) >= 11 is 0. The molecule has 8 nitrogen and oxygen atoms in total. The number of rotatable bonds is 10. The Labute approximate surface area is 694 Å². The lowest BCUT2D eigenvalue weighted by atomic mass is 9.65. The number of hydrogen-bond acceptors (Lipinski definition) is 8. The van der Waals surface area contributed by atoms with Crippen molar-refractivity contribution in [3.63, 3.8) is 0 Å². The number of nitriles is 2. The van der Waals surface area contributed by atoms with Crippen LogP contribution in [0.3, 0.4) is 0 Å². The molecule has 17 aromatic carbocycles. The number of hydrogen-bond donors (Lipinski definition) is 0. The first-order chi connectivity index (χ1) is 59.4. The molecule has 4 aliphatic rings. The molecule has 2 unspecified atom stereocenters. The zero-order valence-corrected chi connectivity index (χ0v) is 64.8. The van der Waals surface area contributed by atoms with E-state index in [2.05, 4.69) is 328 Å². The fraction of sp³-hybridized carbons (Fsp3) is 0.0179. The van der Waals surface area contributed by atoms with Crippen molar-refractivity contribution in [3.8, 4) is 170 Å². The number of fused-ring (bicyclic) bond motifs is 19. The van der Waals surface area contributed by atoms with E-state index in [9.17, 15) is 10.5 Å². The highest BCUT2D eigenvalue weighted by Gasteiger charge is 2.54. The molecule has 2 aliphatic carbocycles. The van der Waals surface area contributed by atoms with Gasteiger partial charge >= 0.3 is 0 Å². The largest absolute Gasteiger partial charge is 0.456 e. The summed E-state index contributed by atoms with van der Waals surface area (Å²) in [4.78, 5) is 20.9. The Bertz CT molecular complexity index is 7290. The average Bonchev–Trinajstić information content (AvgIpc) is 1.50. The van der Waals surface area contributed by atoms with Crippen molar-refractivity contribution in [2.24, 2.45) is 0 Å². The predicted molar refractivity (Wildman–Crippen MR) is 480 cm³/mol. The summed E-state index contributed by atoms with van der Waals surface area (Å²) in [5.41, 5.74) is 31.9. The van der Waals surface area contributed by atoms with Gasteiger partial charge in [0.1, 0.15) is 23.0 Å². The Kier molecular flexibility index (Phi) is 17.0. The lowest BCUT2D eigenvalue weighted by molar-refractivity contribution is 0.438. The molecule has 0 saturated carbocycles. The van der Waals surface area contributed by atoms with E-state index in [0.717, 1.165) is 168 Å².